The fourth-order valence-electron chi connectivity index (χ4n) is 3.58. The van der Waals surface area contributed by atoms with Crippen molar-refractivity contribution in [3.8, 4) is 0 Å². The maximum atomic E-state index is 12.4. The van der Waals surface area contributed by atoms with Crippen molar-refractivity contribution in [2.75, 3.05) is 13.1 Å². The van der Waals surface area contributed by atoms with Crippen molar-refractivity contribution in [3.05, 3.63) is 24.3 Å². The summed E-state index contributed by atoms with van der Waals surface area (Å²) in [5.74, 6) is 2.35. The van der Waals surface area contributed by atoms with Gasteiger partial charge in [-0.15, -0.1) is 22.6 Å². The van der Waals surface area contributed by atoms with Gasteiger partial charge in [0.05, 0.1) is 5.54 Å². The van der Waals surface area contributed by atoms with Crippen LogP contribution in [-0.4, -0.2) is 59.0 Å². The lowest BCUT2D eigenvalue weighted by Gasteiger charge is -2.33. The van der Waals surface area contributed by atoms with E-state index in [1.807, 2.05) is 4.90 Å². The first-order valence-electron chi connectivity index (χ1n) is 8.93. The van der Waals surface area contributed by atoms with Crippen LogP contribution in [0.5, 0.6) is 0 Å². The molecule has 2 aliphatic rings. The van der Waals surface area contributed by atoms with Crippen LogP contribution in [0.1, 0.15) is 50.2 Å². The molecule has 2 aromatic rings. The highest BCUT2D eigenvalue weighted by Crippen LogP contribution is 2.36. The first-order valence-corrected chi connectivity index (χ1v) is 8.93. The molecule has 0 atom stereocenters. The molecule has 2 fully saturated rings. The van der Waals surface area contributed by atoms with Gasteiger partial charge in [0.15, 0.2) is 5.82 Å². The van der Waals surface area contributed by atoms with E-state index in [2.05, 4.69) is 31.8 Å². The predicted molar refractivity (Wildman–Crippen MR) is 96.8 cm³/mol. The Morgan fingerprint density at radius 3 is 2.62 bits per heavy atom. The van der Waals surface area contributed by atoms with Gasteiger partial charge in [0.1, 0.15) is 25.0 Å². The largest absolute Gasteiger partial charge is 0.341 e. The van der Waals surface area contributed by atoms with E-state index in [1.165, 1.54) is 6.33 Å². The minimum atomic E-state index is -0.568. The third-order valence-corrected chi connectivity index (χ3v) is 5.30. The molecule has 1 saturated heterocycles. The SMILES string of the molecule is CCn1c(Cn2cncn2)nnc1C1CCN(C(=O)C2(N)CC2)CC1.Cl. The quantitative estimate of drug-likeness (QED) is 0.811. The first-order chi connectivity index (χ1) is 12.1. The van der Waals surface area contributed by atoms with Gasteiger partial charge in [0.2, 0.25) is 5.91 Å². The molecule has 26 heavy (non-hydrogen) atoms. The molecule has 2 N–H and O–H groups in total. The molecule has 0 bridgehead atoms. The summed E-state index contributed by atoms with van der Waals surface area (Å²) in [5, 5.41) is 12.9. The van der Waals surface area contributed by atoms with Crippen molar-refractivity contribution in [1.82, 2.24) is 34.4 Å². The number of piperidine rings is 1. The number of carbonyl (C=O) groups excluding carboxylic acids is 1. The van der Waals surface area contributed by atoms with E-state index in [9.17, 15) is 4.79 Å². The molecule has 0 radical (unpaired) electrons. The number of nitrogens with two attached hydrogens (primary N) is 1. The molecule has 1 aliphatic carbocycles. The van der Waals surface area contributed by atoms with Crippen molar-refractivity contribution in [2.24, 2.45) is 5.73 Å². The number of halogens is 1. The molecule has 0 aromatic carbocycles. The van der Waals surface area contributed by atoms with Crippen LogP contribution in [0.3, 0.4) is 0 Å². The van der Waals surface area contributed by atoms with E-state index in [-0.39, 0.29) is 18.3 Å². The Morgan fingerprint density at radius 1 is 1.31 bits per heavy atom. The number of hydrogen-bond acceptors (Lipinski definition) is 6. The lowest BCUT2D eigenvalue weighted by molar-refractivity contribution is -0.134. The van der Waals surface area contributed by atoms with Crippen LogP contribution in [0.2, 0.25) is 0 Å². The van der Waals surface area contributed by atoms with E-state index < -0.39 is 5.54 Å². The van der Waals surface area contributed by atoms with Gasteiger partial charge >= 0.3 is 0 Å². The first kappa shape index (κ1) is 18.8. The average Bonchev–Trinajstić information content (AvgIpc) is 3.03. The molecule has 3 heterocycles. The van der Waals surface area contributed by atoms with Crippen LogP contribution in [0.15, 0.2) is 12.7 Å². The highest BCUT2D eigenvalue weighted by molar-refractivity contribution is 5.89. The van der Waals surface area contributed by atoms with Gasteiger partial charge in [-0.2, -0.15) is 5.10 Å². The number of nitrogens with zero attached hydrogens (tertiary/aromatic N) is 7. The fourth-order valence-corrected chi connectivity index (χ4v) is 3.58. The monoisotopic (exact) mass is 380 g/mol. The second-order valence-electron chi connectivity index (χ2n) is 7.03. The minimum Gasteiger partial charge on any atom is -0.341 e. The van der Waals surface area contributed by atoms with Crippen LogP contribution in [0, 0.1) is 0 Å². The number of likely N-dealkylation sites (tertiary alicyclic amines) is 1. The standard InChI is InChI=1S/C16H24N8O.ClH/c1-2-24-13(9-23-11-18-10-19-23)20-21-14(24)12-3-7-22(8-4-12)15(25)16(17)5-6-16;/h10-12H,2-9,17H2,1H3;1H. The van der Waals surface area contributed by atoms with Gasteiger partial charge in [-0.3, -0.25) is 4.79 Å². The number of rotatable bonds is 5. The summed E-state index contributed by atoms with van der Waals surface area (Å²) in [4.78, 5) is 18.3. The lowest BCUT2D eigenvalue weighted by Crippen LogP contribution is -2.48. The van der Waals surface area contributed by atoms with Gasteiger partial charge in [0.25, 0.3) is 0 Å². The summed E-state index contributed by atoms with van der Waals surface area (Å²) in [7, 11) is 0. The summed E-state index contributed by atoms with van der Waals surface area (Å²) < 4.78 is 3.91. The van der Waals surface area contributed by atoms with Crippen molar-refractivity contribution in [1.29, 1.82) is 0 Å². The molecule has 2 aromatic heterocycles. The molecule has 9 nitrogen and oxygen atoms in total. The predicted octanol–water partition coefficient (Wildman–Crippen LogP) is 0.557. The Labute approximate surface area is 158 Å². The summed E-state index contributed by atoms with van der Waals surface area (Å²) in [5.41, 5.74) is 5.48. The molecule has 1 amide bonds. The van der Waals surface area contributed by atoms with Crippen LogP contribution in [-0.2, 0) is 17.9 Å². The van der Waals surface area contributed by atoms with Crippen LogP contribution >= 0.6 is 12.4 Å². The second-order valence-corrected chi connectivity index (χ2v) is 7.03. The molecule has 1 saturated carbocycles. The van der Waals surface area contributed by atoms with Gasteiger partial charge < -0.3 is 15.2 Å². The van der Waals surface area contributed by atoms with Gasteiger partial charge in [-0.05, 0) is 32.6 Å². The van der Waals surface area contributed by atoms with E-state index >= 15 is 0 Å². The van der Waals surface area contributed by atoms with Crippen molar-refractivity contribution in [3.63, 3.8) is 0 Å². The highest BCUT2D eigenvalue weighted by Gasteiger charge is 2.48. The molecule has 0 spiro atoms. The molecular formula is C16H25ClN8O. The van der Waals surface area contributed by atoms with Crippen molar-refractivity contribution in [2.45, 2.75) is 57.2 Å². The van der Waals surface area contributed by atoms with E-state index in [4.69, 9.17) is 5.73 Å². The minimum absolute atomic E-state index is 0. The number of amides is 1. The molecule has 4 rings (SSSR count). The maximum Gasteiger partial charge on any atom is 0.242 e. The van der Waals surface area contributed by atoms with Crippen LogP contribution in [0.4, 0.5) is 0 Å². The van der Waals surface area contributed by atoms with Crippen LogP contribution in [0.25, 0.3) is 0 Å². The van der Waals surface area contributed by atoms with Crippen LogP contribution < -0.4 is 5.73 Å². The van der Waals surface area contributed by atoms with E-state index in [0.29, 0.717) is 12.5 Å². The highest BCUT2D eigenvalue weighted by atomic mass is 35.5. The summed E-state index contributed by atoms with van der Waals surface area (Å²) in [6, 6.07) is 0. The molecule has 0 unspecified atom stereocenters. The second kappa shape index (κ2) is 7.32. The zero-order valence-electron chi connectivity index (χ0n) is 14.9. The summed E-state index contributed by atoms with van der Waals surface area (Å²) >= 11 is 0. The smallest absolute Gasteiger partial charge is 0.242 e. The summed E-state index contributed by atoms with van der Waals surface area (Å²) in [6.07, 6.45) is 6.65. The Kier molecular flexibility index (Phi) is 5.29. The Hall–Kier alpha value is -2.00. The normalized spacial score (nSPS) is 19.2. The number of carbonyl (C=O) groups is 1. The van der Waals surface area contributed by atoms with Crippen molar-refractivity contribution < 1.29 is 4.79 Å². The molecule has 10 heteroatoms. The Balaban J connectivity index is 0.00000196. The zero-order chi connectivity index (χ0) is 17.4. The molecule has 1 aliphatic heterocycles. The Bertz CT molecular complexity index is 746. The topological polar surface area (TPSA) is 108 Å². The lowest BCUT2D eigenvalue weighted by atomic mass is 9.95. The van der Waals surface area contributed by atoms with Gasteiger partial charge in [0, 0.05) is 25.6 Å². The summed E-state index contributed by atoms with van der Waals surface area (Å²) in [6.45, 7) is 4.97. The Morgan fingerprint density at radius 2 is 2.04 bits per heavy atom. The van der Waals surface area contributed by atoms with Crippen molar-refractivity contribution >= 4 is 18.3 Å². The van der Waals surface area contributed by atoms with Gasteiger partial charge in [-0.1, -0.05) is 0 Å². The average molecular weight is 381 g/mol. The van der Waals surface area contributed by atoms with E-state index in [0.717, 1.165) is 57.0 Å². The maximum absolute atomic E-state index is 12.4. The fraction of sp³-hybridized carbons (Fsp3) is 0.688. The third-order valence-electron chi connectivity index (χ3n) is 5.30. The third kappa shape index (κ3) is 3.45. The number of aromatic nitrogens is 6. The number of hydrogen-bond donors (Lipinski definition) is 1. The van der Waals surface area contributed by atoms with E-state index in [1.54, 1.807) is 11.0 Å². The van der Waals surface area contributed by atoms with Gasteiger partial charge in [-0.25, -0.2) is 9.67 Å². The molecule has 142 valence electrons. The zero-order valence-corrected chi connectivity index (χ0v) is 15.7. The molecular weight excluding hydrogens is 356 g/mol.